The van der Waals surface area contributed by atoms with Gasteiger partial charge in [0.2, 0.25) is 0 Å². The van der Waals surface area contributed by atoms with Crippen LogP contribution >= 0.6 is 0 Å². The Morgan fingerprint density at radius 3 is 1.39 bits per heavy atom. The molecule has 0 amide bonds. The SMILES string of the molecule is CC(=C1N(c2c(C)cc(C)cc2C)CCN1c1c(C)cc(C)cc1C)c1ccccc1. The van der Waals surface area contributed by atoms with Crippen LogP contribution in [-0.4, -0.2) is 13.1 Å². The molecule has 0 radical (unpaired) electrons. The maximum Gasteiger partial charge on any atom is 0.117 e. The molecular weight excluding hydrogens is 376 g/mol. The Hall–Kier alpha value is -3.00. The Morgan fingerprint density at radius 2 is 1.00 bits per heavy atom. The Morgan fingerprint density at radius 1 is 0.613 bits per heavy atom. The van der Waals surface area contributed by atoms with Crippen LogP contribution in [0.25, 0.3) is 5.57 Å². The summed E-state index contributed by atoms with van der Waals surface area (Å²) < 4.78 is 0. The first-order chi connectivity index (χ1) is 14.8. The highest BCUT2D eigenvalue weighted by Crippen LogP contribution is 2.40. The third kappa shape index (κ3) is 3.87. The molecule has 1 fully saturated rings. The first-order valence-electron chi connectivity index (χ1n) is 11.2. The average molecular weight is 411 g/mol. The number of hydrogen-bond acceptors (Lipinski definition) is 2. The number of hydrogen-bond donors (Lipinski definition) is 0. The summed E-state index contributed by atoms with van der Waals surface area (Å²) >= 11 is 0. The highest BCUT2D eigenvalue weighted by Gasteiger charge is 2.32. The topological polar surface area (TPSA) is 6.48 Å². The first kappa shape index (κ1) is 21.2. The minimum atomic E-state index is 0.983. The van der Waals surface area contributed by atoms with E-state index in [1.54, 1.807) is 0 Å². The van der Waals surface area contributed by atoms with E-state index in [0.29, 0.717) is 0 Å². The summed E-state index contributed by atoms with van der Waals surface area (Å²) in [5.74, 6) is 1.30. The molecule has 3 aromatic rings. The summed E-state index contributed by atoms with van der Waals surface area (Å²) in [5.41, 5.74) is 13.3. The highest BCUT2D eigenvalue weighted by molar-refractivity contribution is 5.82. The molecule has 0 aromatic heterocycles. The Balaban J connectivity index is 1.95. The van der Waals surface area contributed by atoms with Crippen LogP contribution in [0.15, 0.2) is 60.4 Å². The number of aryl methyl sites for hydroxylation is 6. The fourth-order valence-corrected chi connectivity index (χ4v) is 5.41. The van der Waals surface area contributed by atoms with Crippen molar-refractivity contribution in [2.45, 2.75) is 48.5 Å². The Labute approximate surface area is 187 Å². The lowest BCUT2D eigenvalue weighted by molar-refractivity contribution is 1.01. The van der Waals surface area contributed by atoms with Gasteiger partial charge in [0.25, 0.3) is 0 Å². The Kier molecular flexibility index (Phi) is 5.66. The molecule has 2 heteroatoms. The van der Waals surface area contributed by atoms with Crippen molar-refractivity contribution in [2.24, 2.45) is 0 Å². The molecule has 0 aliphatic carbocycles. The van der Waals surface area contributed by atoms with Gasteiger partial charge in [0.1, 0.15) is 5.82 Å². The summed E-state index contributed by atoms with van der Waals surface area (Å²) in [7, 11) is 0. The van der Waals surface area contributed by atoms with Gasteiger partial charge in [0.15, 0.2) is 0 Å². The number of benzene rings is 3. The van der Waals surface area contributed by atoms with Gasteiger partial charge in [-0.25, -0.2) is 0 Å². The van der Waals surface area contributed by atoms with Crippen LogP contribution in [0.3, 0.4) is 0 Å². The largest absolute Gasteiger partial charge is 0.325 e. The number of nitrogens with zero attached hydrogens (tertiary/aromatic N) is 2. The van der Waals surface area contributed by atoms with Crippen LogP contribution in [0.4, 0.5) is 11.4 Å². The zero-order valence-electron chi connectivity index (χ0n) is 20.0. The van der Waals surface area contributed by atoms with Crippen LogP contribution in [-0.2, 0) is 0 Å². The van der Waals surface area contributed by atoms with E-state index >= 15 is 0 Å². The molecule has 0 bridgehead atoms. The second kappa shape index (κ2) is 8.26. The summed E-state index contributed by atoms with van der Waals surface area (Å²) in [6.07, 6.45) is 0. The Bertz CT molecular complexity index is 1040. The molecule has 0 N–H and O–H groups in total. The van der Waals surface area contributed by atoms with Crippen LogP contribution < -0.4 is 9.80 Å². The fraction of sp³-hybridized carbons (Fsp3) is 0.310. The van der Waals surface area contributed by atoms with E-state index in [-0.39, 0.29) is 0 Å². The third-order valence-electron chi connectivity index (χ3n) is 6.41. The molecule has 0 saturated carbocycles. The maximum atomic E-state index is 2.55. The van der Waals surface area contributed by atoms with E-state index in [0.717, 1.165) is 13.1 Å². The van der Waals surface area contributed by atoms with Crippen LogP contribution in [0.5, 0.6) is 0 Å². The fourth-order valence-electron chi connectivity index (χ4n) is 5.41. The summed E-state index contributed by atoms with van der Waals surface area (Å²) in [6.45, 7) is 17.6. The molecule has 1 heterocycles. The lowest BCUT2D eigenvalue weighted by Crippen LogP contribution is -2.26. The smallest absolute Gasteiger partial charge is 0.117 e. The van der Waals surface area contributed by atoms with E-state index < -0.39 is 0 Å². The molecule has 160 valence electrons. The zero-order valence-corrected chi connectivity index (χ0v) is 20.0. The van der Waals surface area contributed by atoms with Crippen molar-refractivity contribution in [2.75, 3.05) is 22.9 Å². The van der Waals surface area contributed by atoms with Crippen molar-refractivity contribution in [1.82, 2.24) is 0 Å². The predicted octanol–water partition coefficient (Wildman–Crippen LogP) is 7.25. The molecule has 0 unspecified atom stereocenters. The van der Waals surface area contributed by atoms with E-state index in [4.69, 9.17) is 0 Å². The van der Waals surface area contributed by atoms with E-state index in [1.807, 2.05) is 0 Å². The molecule has 1 aliphatic heterocycles. The molecule has 2 nitrogen and oxygen atoms in total. The minimum absolute atomic E-state index is 0.983. The van der Waals surface area contributed by atoms with Gasteiger partial charge < -0.3 is 9.80 Å². The minimum Gasteiger partial charge on any atom is -0.325 e. The van der Waals surface area contributed by atoms with Crippen LogP contribution in [0.1, 0.15) is 45.9 Å². The highest BCUT2D eigenvalue weighted by atomic mass is 15.4. The first-order valence-corrected chi connectivity index (χ1v) is 11.2. The van der Waals surface area contributed by atoms with Gasteiger partial charge in [-0.3, -0.25) is 0 Å². The second-order valence-corrected chi connectivity index (χ2v) is 9.11. The zero-order chi connectivity index (χ0) is 22.3. The standard InChI is InChI=1S/C29H34N2/c1-19-15-21(3)27(22(4)16-19)30-13-14-31(28-23(5)17-20(2)18-24(28)6)29(30)25(7)26-11-9-8-10-12-26/h8-12,15-18H,13-14H2,1-7H3. The molecule has 0 spiro atoms. The maximum absolute atomic E-state index is 2.55. The summed E-state index contributed by atoms with van der Waals surface area (Å²) in [5, 5.41) is 0. The predicted molar refractivity (Wildman–Crippen MR) is 135 cm³/mol. The van der Waals surface area contributed by atoms with Crippen molar-refractivity contribution in [3.63, 3.8) is 0 Å². The number of allylic oxidation sites excluding steroid dienone is 1. The lowest BCUT2D eigenvalue weighted by atomic mass is 10.0. The van der Waals surface area contributed by atoms with E-state index in [2.05, 4.69) is 113 Å². The van der Waals surface area contributed by atoms with Crippen molar-refractivity contribution < 1.29 is 0 Å². The van der Waals surface area contributed by atoms with E-state index in [1.165, 1.54) is 61.7 Å². The van der Waals surface area contributed by atoms with Gasteiger partial charge in [-0.2, -0.15) is 0 Å². The monoisotopic (exact) mass is 410 g/mol. The van der Waals surface area contributed by atoms with Gasteiger partial charge in [0, 0.05) is 24.5 Å². The number of rotatable bonds is 3. The van der Waals surface area contributed by atoms with Crippen molar-refractivity contribution in [3.05, 3.63) is 99.4 Å². The van der Waals surface area contributed by atoms with Gasteiger partial charge in [-0.1, -0.05) is 65.7 Å². The summed E-state index contributed by atoms with van der Waals surface area (Å²) in [6, 6.07) is 20.0. The quantitative estimate of drug-likeness (QED) is 0.448. The second-order valence-electron chi connectivity index (χ2n) is 9.11. The summed E-state index contributed by atoms with van der Waals surface area (Å²) in [4.78, 5) is 5.09. The molecule has 31 heavy (non-hydrogen) atoms. The molecular formula is C29H34N2. The van der Waals surface area contributed by atoms with Crippen LogP contribution in [0.2, 0.25) is 0 Å². The molecule has 3 aromatic carbocycles. The van der Waals surface area contributed by atoms with Gasteiger partial charge in [0.05, 0.1) is 0 Å². The normalized spacial score (nSPS) is 13.8. The van der Waals surface area contributed by atoms with Gasteiger partial charge in [-0.15, -0.1) is 0 Å². The third-order valence-corrected chi connectivity index (χ3v) is 6.41. The van der Waals surface area contributed by atoms with Crippen molar-refractivity contribution >= 4 is 16.9 Å². The van der Waals surface area contributed by atoms with Crippen molar-refractivity contribution in [1.29, 1.82) is 0 Å². The van der Waals surface area contributed by atoms with Gasteiger partial charge >= 0.3 is 0 Å². The lowest BCUT2D eigenvalue weighted by Gasteiger charge is -2.31. The molecule has 0 atom stereocenters. The molecule has 1 aliphatic rings. The van der Waals surface area contributed by atoms with Crippen LogP contribution in [0, 0.1) is 41.5 Å². The molecule has 1 saturated heterocycles. The molecule has 4 rings (SSSR count). The van der Waals surface area contributed by atoms with Crippen molar-refractivity contribution in [3.8, 4) is 0 Å². The average Bonchev–Trinajstić information content (AvgIpc) is 3.10. The number of anilines is 2. The van der Waals surface area contributed by atoms with Gasteiger partial charge in [-0.05, 0) is 81.9 Å². The van der Waals surface area contributed by atoms with E-state index in [9.17, 15) is 0 Å².